The van der Waals surface area contributed by atoms with Gasteiger partial charge >= 0.3 is 0 Å². The Morgan fingerprint density at radius 2 is 1.86 bits per heavy atom. The van der Waals surface area contributed by atoms with Gasteiger partial charge in [-0.15, -0.1) is 5.10 Å². The molecule has 5 nitrogen and oxygen atoms in total. The third kappa shape index (κ3) is 2.66. The number of benzene rings is 1. The number of hydrogen-bond donors (Lipinski definition) is 1. The molecule has 0 saturated heterocycles. The predicted molar refractivity (Wildman–Crippen MR) is 74.7 cm³/mol. The van der Waals surface area contributed by atoms with Gasteiger partial charge in [0.1, 0.15) is 11.5 Å². The molecule has 3 rings (SSSR count). The molecule has 0 atom stereocenters. The molecule has 0 unspecified atom stereocenters. The number of hydrogen-bond acceptors (Lipinski definition) is 4. The molecule has 2 aromatic heterocycles. The number of halogens is 1. The van der Waals surface area contributed by atoms with E-state index in [2.05, 4.69) is 15.3 Å². The van der Waals surface area contributed by atoms with Gasteiger partial charge in [-0.3, -0.25) is 4.98 Å². The molecule has 1 N–H and O–H groups in total. The molecule has 0 amide bonds. The summed E-state index contributed by atoms with van der Waals surface area (Å²) in [6, 6.07) is 10.1. The second-order valence-electron chi connectivity index (χ2n) is 4.53. The molecule has 3 aromatic rings. The number of aliphatic hydroxyl groups excluding tert-OH is 1. The average Bonchev–Trinajstić information content (AvgIpc) is 2.93. The van der Waals surface area contributed by atoms with Crippen molar-refractivity contribution in [2.24, 2.45) is 0 Å². The van der Waals surface area contributed by atoms with E-state index in [9.17, 15) is 9.50 Å². The van der Waals surface area contributed by atoms with Crippen LogP contribution in [0.1, 0.15) is 11.3 Å². The highest BCUT2D eigenvalue weighted by Gasteiger charge is 2.15. The molecule has 0 saturated carbocycles. The lowest BCUT2D eigenvalue weighted by Gasteiger charge is -2.08. The number of aromatic nitrogens is 4. The molecule has 1 aromatic carbocycles. The summed E-state index contributed by atoms with van der Waals surface area (Å²) in [5.74, 6) is -0.292. The quantitative estimate of drug-likeness (QED) is 0.796. The van der Waals surface area contributed by atoms with Gasteiger partial charge in [0.2, 0.25) is 0 Å². The van der Waals surface area contributed by atoms with Crippen LogP contribution in [0.25, 0.3) is 11.3 Å². The van der Waals surface area contributed by atoms with Crippen molar-refractivity contribution < 1.29 is 9.50 Å². The summed E-state index contributed by atoms with van der Waals surface area (Å²) in [5, 5.41) is 17.4. The van der Waals surface area contributed by atoms with Crippen molar-refractivity contribution in [2.75, 3.05) is 0 Å². The van der Waals surface area contributed by atoms with Crippen LogP contribution in [0.5, 0.6) is 0 Å². The first-order valence-corrected chi connectivity index (χ1v) is 6.46. The lowest BCUT2D eigenvalue weighted by molar-refractivity contribution is 0.277. The summed E-state index contributed by atoms with van der Waals surface area (Å²) < 4.78 is 15.4. The van der Waals surface area contributed by atoms with Gasteiger partial charge in [0.05, 0.1) is 18.8 Å². The maximum atomic E-state index is 13.8. The Hall–Kier alpha value is -2.60. The Bertz CT molecular complexity index is 742. The Morgan fingerprint density at radius 1 is 1.10 bits per heavy atom. The van der Waals surface area contributed by atoms with Crippen LogP contribution in [0.15, 0.2) is 48.8 Å². The third-order valence-electron chi connectivity index (χ3n) is 3.19. The highest BCUT2D eigenvalue weighted by atomic mass is 19.1. The second kappa shape index (κ2) is 5.80. The monoisotopic (exact) mass is 284 g/mol. The van der Waals surface area contributed by atoms with Gasteiger partial charge in [0, 0.05) is 23.5 Å². The Balaban J connectivity index is 2.04. The van der Waals surface area contributed by atoms with Crippen molar-refractivity contribution in [1.29, 1.82) is 0 Å². The molecule has 106 valence electrons. The summed E-state index contributed by atoms with van der Waals surface area (Å²) in [6.45, 7) is 0.0201. The van der Waals surface area contributed by atoms with Crippen molar-refractivity contribution in [1.82, 2.24) is 20.0 Å². The van der Waals surface area contributed by atoms with E-state index in [1.54, 1.807) is 47.4 Å². The van der Waals surface area contributed by atoms with E-state index in [1.165, 1.54) is 6.07 Å². The zero-order valence-corrected chi connectivity index (χ0v) is 11.1. The van der Waals surface area contributed by atoms with Crippen LogP contribution >= 0.6 is 0 Å². The van der Waals surface area contributed by atoms with Gasteiger partial charge in [-0.1, -0.05) is 23.4 Å². The van der Waals surface area contributed by atoms with Crippen LogP contribution in [0, 0.1) is 5.82 Å². The van der Waals surface area contributed by atoms with Crippen molar-refractivity contribution >= 4 is 0 Å². The molecule has 6 heteroatoms. The maximum absolute atomic E-state index is 13.8. The smallest absolute Gasteiger partial charge is 0.128 e. The fourth-order valence-corrected chi connectivity index (χ4v) is 2.18. The fourth-order valence-electron chi connectivity index (χ4n) is 2.18. The fraction of sp³-hybridized carbons (Fsp3) is 0.133. The normalized spacial score (nSPS) is 10.8. The summed E-state index contributed by atoms with van der Waals surface area (Å²) >= 11 is 0. The summed E-state index contributed by atoms with van der Waals surface area (Å²) in [4.78, 5) is 3.97. The number of aliphatic hydroxyl groups is 1. The van der Waals surface area contributed by atoms with Crippen molar-refractivity contribution in [2.45, 2.75) is 13.2 Å². The number of pyridine rings is 1. The third-order valence-corrected chi connectivity index (χ3v) is 3.19. The van der Waals surface area contributed by atoms with E-state index in [-0.39, 0.29) is 19.0 Å². The van der Waals surface area contributed by atoms with Gasteiger partial charge in [-0.2, -0.15) is 0 Å². The first-order valence-electron chi connectivity index (χ1n) is 6.46. The molecule has 0 radical (unpaired) electrons. The lowest BCUT2D eigenvalue weighted by atomic mass is 10.1. The largest absolute Gasteiger partial charge is 0.390 e. The SMILES string of the molecule is OCc1nnn(Cc2ccccc2F)c1-c1ccncc1. The van der Waals surface area contributed by atoms with Crippen LogP contribution in [-0.2, 0) is 13.2 Å². The molecule has 21 heavy (non-hydrogen) atoms. The number of rotatable bonds is 4. The minimum Gasteiger partial charge on any atom is -0.390 e. The van der Waals surface area contributed by atoms with Gasteiger partial charge in [-0.05, 0) is 18.2 Å². The van der Waals surface area contributed by atoms with Crippen LogP contribution < -0.4 is 0 Å². The van der Waals surface area contributed by atoms with E-state index < -0.39 is 0 Å². The molecule has 0 spiro atoms. The molecule has 0 bridgehead atoms. The van der Waals surface area contributed by atoms with Crippen molar-refractivity contribution in [3.05, 3.63) is 65.9 Å². The zero-order valence-electron chi connectivity index (χ0n) is 11.1. The van der Waals surface area contributed by atoms with Crippen LogP contribution in [0.3, 0.4) is 0 Å². The van der Waals surface area contributed by atoms with E-state index in [0.29, 0.717) is 17.0 Å². The summed E-state index contributed by atoms with van der Waals surface area (Å²) in [5.41, 5.74) is 2.47. The van der Waals surface area contributed by atoms with Gasteiger partial charge in [0.25, 0.3) is 0 Å². The number of nitrogens with zero attached hydrogens (tertiary/aromatic N) is 4. The van der Waals surface area contributed by atoms with E-state index in [1.807, 2.05) is 0 Å². The van der Waals surface area contributed by atoms with Crippen molar-refractivity contribution in [3.63, 3.8) is 0 Å². The predicted octanol–water partition coefficient (Wildman–Crippen LogP) is 2.02. The average molecular weight is 284 g/mol. The summed E-state index contributed by atoms with van der Waals surface area (Å²) in [7, 11) is 0. The molecular weight excluding hydrogens is 271 g/mol. The van der Waals surface area contributed by atoms with Gasteiger partial charge < -0.3 is 5.11 Å². The minimum atomic E-state index is -0.292. The molecule has 0 aliphatic carbocycles. The van der Waals surface area contributed by atoms with E-state index >= 15 is 0 Å². The summed E-state index contributed by atoms with van der Waals surface area (Å²) in [6.07, 6.45) is 3.30. The molecule has 2 heterocycles. The van der Waals surface area contributed by atoms with Crippen molar-refractivity contribution in [3.8, 4) is 11.3 Å². The van der Waals surface area contributed by atoms with E-state index in [0.717, 1.165) is 5.56 Å². The maximum Gasteiger partial charge on any atom is 0.128 e. The first kappa shape index (κ1) is 13.4. The van der Waals surface area contributed by atoms with E-state index in [4.69, 9.17) is 0 Å². The highest BCUT2D eigenvalue weighted by Crippen LogP contribution is 2.23. The lowest BCUT2D eigenvalue weighted by Crippen LogP contribution is -2.06. The van der Waals surface area contributed by atoms with Crippen LogP contribution in [0.2, 0.25) is 0 Å². The Kier molecular flexibility index (Phi) is 3.70. The molecule has 0 aliphatic rings. The topological polar surface area (TPSA) is 63.8 Å². The first-order chi connectivity index (χ1) is 10.3. The molecule has 0 aliphatic heterocycles. The second-order valence-corrected chi connectivity index (χ2v) is 4.53. The van der Waals surface area contributed by atoms with Crippen LogP contribution in [0.4, 0.5) is 4.39 Å². The van der Waals surface area contributed by atoms with Gasteiger partial charge in [0.15, 0.2) is 0 Å². The van der Waals surface area contributed by atoms with Gasteiger partial charge in [-0.25, -0.2) is 9.07 Å². The Labute approximate surface area is 120 Å². The zero-order chi connectivity index (χ0) is 14.7. The molecule has 0 fully saturated rings. The molecular formula is C15H13FN4O. The Morgan fingerprint density at radius 3 is 2.57 bits per heavy atom. The minimum absolute atomic E-state index is 0.227. The standard InChI is InChI=1S/C15H13FN4O/c16-13-4-2-1-3-12(13)9-20-15(14(10-21)18-19-20)11-5-7-17-8-6-11/h1-8,21H,9-10H2. The highest BCUT2D eigenvalue weighted by molar-refractivity contribution is 5.61. The van der Waals surface area contributed by atoms with Crippen LogP contribution in [-0.4, -0.2) is 25.1 Å².